The van der Waals surface area contributed by atoms with Crippen molar-refractivity contribution >= 4 is 6.08 Å². The average molecular weight is 191 g/mol. The third-order valence-corrected chi connectivity index (χ3v) is 2.96. The van der Waals surface area contributed by atoms with Crippen molar-refractivity contribution in [2.45, 2.75) is 39.5 Å². The average Bonchev–Trinajstić information content (AvgIpc) is 2.74. The third-order valence-electron chi connectivity index (χ3n) is 2.96. The predicted octanol–water partition coefficient (Wildman–Crippen LogP) is 3.49. The number of aromatic nitrogens is 1. The number of rotatable bonds is 2. The molecule has 0 N–H and O–H groups in total. The van der Waals surface area contributed by atoms with E-state index in [1.807, 2.05) is 19.9 Å². The molecular weight excluding hydrogens is 174 g/mol. The van der Waals surface area contributed by atoms with Gasteiger partial charge < -0.3 is 4.42 Å². The Labute approximate surface area is 85.0 Å². The first kappa shape index (κ1) is 9.50. The molecule has 1 aromatic rings. The molecule has 1 heterocycles. The van der Waals surface area contributed by atoms with Crippen LogP contribution in [0.25, 0.3) is 6.08 Å². The van der Waals surface area contributed by atoms with Crippen molar-refractivity contribution < 1.29 is 4.42 Å². The molecule has 2 nitrogen and oxygen atoms in total. The zero-order valence-electron chi connectivity index (χ0n) is 8.92. The Kier molecular flexibility index (Phi) is 2.71. The van der Waals surface area contributed by atoms with Crippen LogP contribution in [0.3, 0.4) is 0 Å². The lowest BCUT2D eigenvalue weighted by molar-refractivity contribution is 0.514. The Bertz CT molecular complexity index is 313. The van der Waals surface area contributed by atoms with Gasteiger partial charge in [0.05, 0.1) is 5.69 Å². The van der Waals surface area contributed by atoms with E-state index < -0.39 is 0 Å². The summed E-state index contributed by atoms with van der Waals surface area (Å²) in [6.07, 6.45) is 9.68. The second kappa shape index (κ2) is 3.99. The summed E-state index contributed by atoms with van der Waals surface area (Å²) in [5, 5.41) is 0. The SMILES string of the molecule is Cc1nc(/C=C/C2CCCC2)oc1C. The molecule has 0 saturated heterocycles. The first-order valence-corrected chi connectivity index (χ1v) is 5.38. The van der Waals surface area contributed by atoms with Crippen LogP contribution in [0.15, 0.2) is 10.5 Å². The van der Waals surface area contributed by atoms with Crippen LogP contribution in [-0.4, -0.2) is 4.98 Å². The van der Waals surface area contributed by atoms with Gasteiger partial charge in [0.15, 0.2) is 0 Å². The molecule has 0 radical (unpaired) electrons. The molecule has 0 spiro atoms. The van der Waals surface area contributed by atoms with Crippen molar-refractivity contribution in [1.82, 2.24) is 4.98 Å². The Morgan fingerprint density at radius 3 is 2.57 bits per heavy atom. The highest BCUT2D eigenvalue weighted by molar-refractivity contribution is 5.39. The zero-order valence-corrected chi connectivity index (χ0v) is 8.92. The highest BCUT2D eigenvalue weighted by Gasteiger charge is 2.11. The number of hydrogen-bond acceptors (Lipinski definition) is 2. The van der Waals surface area contributed by atoms with Crippen LogP contribution in [0.1, 0.15) is 43.0 Å². The summed E-state index contributed by atoms with van der Waals surface area (Å²) in [7, 11) is 0. The lowest BCUT2D eigenvalue weighted by Crippen LogP contribution is -1.85. The van der Waals surface area contributed by atoms with Gasteiger partial charge in [-0.2, -0.15) is 0 Å². The number of aryl methyl sites for hydroxylation is 2. The van der Waals surface area contributed by atoms with Gasteiger partial charge in [0.1, 0.15) is 5.76 Å². The van der Waals surface area contributed by atoms with Gasteiger partial charge in [-0.15, -0.1) is 0 Å². The molecule has 0 amide bonds. The van der Waals surface area contributed by atoms with Crippen molar-refractivity contribution in [3.05, 3.63) is 23.4 Å². The lowest BCUT2D eigenvalue weighted by Gasteiger charge is -1.97. The van der Waals surface area contributed by atoms with E-state index in [0.717, 1.165) is 23.3 Å². The summed E-state index contributed by atoms with van der Waals surface area (Å²) in [5.74, 6) is 2.44. The fourth-order valence-electron chi connectivity index (χ4n) is 1.94. The normalized spacial score (nSPS) is 18.4. The summed E-state index contributed by atoms with van der Waals surface area (Å²) >= 11 is 0. The standard InChI is InChI=1S/C12H17NO/c1-9-10(2)14-12(13-9)8-7-11-5-3-4-6-11/h7-8,11H,3-6H2,1-2H3/b8-7+. The van der Waals surface area contributed by atoms with Crippen molar-refractivity contribution in [2.75, 3.05) is 0 Å². The molecule has 14 heavy (non-hydrogen) atoms. The van der Waals surface area contributed by atoms with E-state index in [2.05, 4.69) is 11.1 Å². The summed E-state index contributed by atoms with van der Waals surface area (Å²) in [4.78, 5) is 4.32. The van der Waals surface area contributed by atoms with Crippen LogP contribution in [0.5, 0.6) is 0 Å². The predicted molar refractivity (Wildman–Crippen MR) is 57.0 cm³/mol. The molecule has 1 fully saturated rings. The van der Waals surface area contributed by atoms with Gasteiger partial charge in [0.25, 0.3) is 0 Å². The minimum absolute atomic E-state index is 0.752. The fraction of sp³-hybridized carbons (Fsp3) is 0.583. The first-order valence-electron chi connectivity index (χ1n) is 5.38. The van der Waals surface area contributed by atoms with Crippen molar-refractivity contribution in [1.29, 1.82) is 0 Å². The second-order valence-electron chi connectivity index (χ2n) is 4.10. The van der Waals surface area contributed by atoms with E-state index >= 15 is 0 Å². The second-order valence-corrected chi connectivity index (χ2v) is 4.10. The maximum absolute atomic E-state index is 5.48. The molecule has 76 valence electrons. The van der Waals surface area contributed by atoms with E-state index in [-0.39, 0.29) is 0 Å². The molecule has 2 rings (SSSR count). The monoisotopic (exact) mass is 191 g/mol. The Hall–Kier alpha value is -1.05. The minimum atomic E-state index is 0.752. The maximum Gasteiger partial charge on any atom is 0.218 e. The molecule has 0 aliphatic heterocycles. The Balaban J connectivity index is 2.02. The number of hydrogen-bond donors (Lipinski definition) is 0. The third kappa shape index (κ3) is 2.06. The van der Waals surface area contributed by atoms with E-state index in [4.69, 9.17) is 4.42 Å². The molecule has 2 heteroatoms. The van der Waals surface area contributed by atoms with Crippen LogP contribution in [-0.2, 0) is 0 Å². The van der Waals surface area contributed by atoms with Gasteiger partial charge in [0.2, 0.25) is 5.89 Å². The van der Waals surface area contributed by atoms with Crippen molar-refractivity contribution in [2.24, 2.45) is 5.92 Å². The summed E-state index contributed by atoms with van der Waals surface area (Å²) in [6, 6.07) is 0. The van der Waals surface area contributed by atoms with Gasteiger partial charge in [-0.1, -0.05) is 18.9 Å². The quantitative estimate of drug-likeness (QED) is 0.715. The van der Waals surface area contributed by atoms with Crippen LogP contribution < -0.4 is 0 Å². The Morgan fingerprint density at radius 1 is 1.29 bits per heavy atom. The highest BCUT2D eigenvalue weighted by atomic mass is 16.4. The first-order chi connectivity index (χ1) is 6.75. The summed E-state index contributed by atoms with van der Waals surface area (Å²) < 4.78 is 5.48. The van der Waals surface area contributed by atoms with Gasteiger partial charge in [-0.05, 0) is 38.7 Å². The van der Waals surface area contributed by atoms with Gasteiger partial charge in [-0.25, -0.2) is 4.98 Å². The van der Waals surface area contributed by atoms with Gasteiger partial charge >= 0.3 is 0 Å². The van der Waals surface area contributed by atoms with Crippen LogP contribution in [0.4, 0.5) is 0 Å². The van der Waals surface area contributed by atoms with Crippen molar-refractivity contribution in [3.63, 3.8) is 0 Å². The van der Waals surface area contributed by atoms with E-state index in [9.17, 15) is 0 Å². The summed E-state index contributed by atoms with van der Waals surface area (Å²) in [6.45, 7) is 3.93. The van der Waals surface area contributed by atoms with Crippen molar-refractivity contribution in [3.8, 4) is 0 Å². The van der Waals surface area contributed by atoms with E-state index in [1.165, 1.54) is 25.7 Å². The number of nitrogens with zero attached hydrogens (tertiary/aromatic N) is 1. The lowest BCUT2D eigenvalue weighted by atomic mass is 10.1. The maximum atomic E-state index is 5.48. The molecule has 0 unspecified atom stereocenters. The molecule has 0 bridgehead atoms. The Morgan fingerprint density at radius 2 is 2.00 bits per heavy atom. The smallest absolute Gasteiger partial charge is 0.218 e. The van der Waals surface area contributed by atoms with E-state index in [1.54, 1.807) is 0 Å². The summed E-state index contributed by atoms with van der Waals surface area (Å²) in [5.41, 5.74) is 0.996. The van der Waals surface area contributed by atoms with Gasteiger partial charge in [0, 0.05) is 0 Å². The van der Waals surface area contributed by atoms with Crippen LogP contribution in [0.2, 0.25) is 0 Å². The molecule has 1 aliphatic carbocycles. The molecule has 1 saturated carbocycles. The molecule has 1 aliphatic rings. The van der Waals surface area contributed by atoms with E-state index in [0.29, 0.717) is 0 Å². The van der Waals surface area contributed by atoms with Gasteiger partial charge in [-0.3, -0.25) is 0 Å². The number of allylic oxidation sites excluding steroid dienone is 1. The fourth-order valence-corrected chi connectivity index (χ4v) is 1.94. The minimum Gasteiger partial charge on any atom is -0.442 e. The topological polar surface area (TPSA) is 26.0 Å². The molecule has 1 aromatic heterocycles. The number of oxazole rings is 1. The molecular formula is C12H17NO. The zero-order chi connectivity index (χ0) is 9.97. The van der Waals surface area contributed by atoms with Crippen LogP contribution >= 0.6 is 0 Å². The molecule has 0 aromatic carbocycles. The molecule has 0 atom stereocenters. The van der Waals surface area contributed by atoms with Crippen LogP contribution in [0, 0.1) is 19.8 Å². The highest BCUT2D eigenvalue weighted by Crippen LogP contribution is 2.26. The largest absolute Gasteiger partial charge is 0.442 e.